The van der Waals surface area contributed by atoms with Gasteiger partial charge in [0, 0.05) is 0 Å². The summed E-state index contributed by atoms with van der Waals surface area (Å²) in [5.41, 5.74) is 1.56. The minimum absolute atomic E-state index is 0.0250. The number of hydrogen-bond donors (Lipinski definition) is 2. The summed E-state index contributed by atoms with van der Waals surface area (Å²) in [7, 11) is 0. The summed E-state index contributed by atoms with van der Waals surface area (Å²) in [4.78, 5) is 22.9. The number of benzene rings is 1. The Labute approximate surface area is 132 Å². The van der Waals surface area contributed by atoms with Gasteiger partial charge in [0.15, 0.2) is 0 Å². The van der Waals surface area contributed by atoms with Gasteiger partial charge in [-0.1, -0.05) is 39.7 Å². The summed E-state index contributed by atoms with van der Waals surface area (Å²) >= 11 is 0. The van der Waals surface area contributed by atoms with E-state index in [1.807, 2.05) is 6.92 Å². The average molecular weight is 306 g/mol. The average Bonchev–Trinajstić information content (AvgIpc) is 2.44. The lowest BCUT2D eigenvalue weighted by atomic mass is 9.89. The van der Waals surface area contributed by atoms with E-state index in [0.29, 0.717) is 17.9 Å². The second kappa shape index (κ2) is 8.57. The number of carboxylic acids is 2. The third-order valence-corrected chi connectivity index (χ3v) is 3.86. The second-order valence-corrected chi connectivity index (χ2v) is 6.13. The molecule has 0 bridgehead atoms. The van der Waals surface area contributed by atoms with Gasteiger partial charge >= 0.3 is 11.9 Å². The molecule has 0 saturated heterocycles. The first-order valence-electron chi connectivity index (χ1n) is 7.99. The molecule has 0 unspecified atom stereocenters. The van der Waals surface area contributed by atoms with Crippen molar-refractivity contribution < 1.29 is 19.8 Å². The van der Waals surface area contributed by atoms with Gasteiger partial charge in [0.2, 0.25) is 0 Å². The summed E-state index contributed by atoms with van der Waals surface area (Å²) in [6.07, 6.45) is 5.30. The van der Waals surface area contributed by atoms with Crippen molar-refractivity contribution in [3.8, 4) is 0 Å². The molecule has 4 nitrogen and oxygen atoms in total. The molecule has 1 rings (SSSR count). The first-order valence-corrected chi connectivity index (χ1v) is 7.99. The van der Waals surface area contributed by atoms with Gasteiger partial charge in [-0.3, -0.25) is 0 Å². The topological polar surface area (TPSA) is 74.6 Å². The van der Waals surface area contributed by atoms with Crippen LogP contribution in [0.25, 0.3) is 0 Å². The maximum atomic E-state index is 11.6. The molecular formula is C18H26O4. The van der Waals surface area contributed by atoms with Gasteiger partial charge in [0.1, 0.15) is 0 Å². The summed E-state index contributed by atoms with van der Waals surface area (Å²) in [6.45, 7) is 6.36. The molecule has 2 N–H and O–H groups in total. The Hall–Kier alpha value is -1.84. The van der Waals surface area contributed by atoms with Crippen LogP contribution in [0.5, 0.6) is 0 Å². The molecule has 0 aliphatic heterocycles. The van der Waals surface area contributed by atoms with Gasteiger partial charge in [-0.15, -0.1) is 0 Å². The molecule has 4 heteroatoms. The van der Waals surface area contributed by atoms with Gasteiger partial charge in [-0.25, -0.2) is 9.59 Å². The van der Waals surface area contributed by atoms with Crippen LogP contribution in [0.3, 0.4) is 0 Å². The molecule has 1 aromatic rings. The van der Waals surface area contributed by atoms with E-state index < -0.39 is 11.9 Å². The SMILES string of the molecule is CCCCc1c(CCCC(C)C)ccc(C(=O)O)c1C(=O)O. The molecular weight excluding hydrogens is 280 g/mol. The van der Waals surface area contributed by atoms with Crippen LogP contribution in [0.2, 0.25) is 0 Å². The fourth-order valence-corrected chi connectivity index (χ4v) is 2.69. The Kier molecular flexibility index (Phi) is 7.09. The number of carboxylic acid groups (broad SMARTS) is 2. The van der Waals surface area contributed by atoms with Gasteiger partial charge in [-0.05, 0) is 48.8 Å². The van der Waals surface area contributed by atoms with E-state index in [9.17, 15) is 19.8 Å². The van der Waals surface area contributed by atoms with Crippen LogP contribution >= 0.6 is 0 Å². The molecule has 0 radical (unpaired) electrons. The molecule has 0 atom stereocenters. The van der Waals surface area contributed by atoms with Crippen molar-refractivity contribution in [2.75, 3.05) is 0 Å². The van der Waals surface area contributed by atoms with Crippen molar-refractivity contribution in [2.45, 2.75) is 59.3 Å². The number of unbranched alkanes of at least 4 members (excludes halogenated alkanes) is 1. The fourth-order valence-electron chi connectivity index (χ4n) is 2.69. The number of aryl methyl sites for hydroxylation is 1. The molecule has 0 spiro atoms. The maximum absolute atomic E-state index is 11.6. The predicted octanol–water partition coefficient (Wildman–Crippen LogP) is 4.40. The van der Waals surface area contributed by atoms with E-state index >= 15 is 0 Å². The quantitative estimate of drug-likeness (QED) is 0.709. The first-order chi connectivity index (χ1) is 10.4. The van der Waals surface area contributed by atoms with E-state index in [1.165, 1.54) is 6.07 Å². The number of aromatic carboxylic acids is 2. The first kappa shape index (κ1) is 18.2. The molecule has 0 aliphatic rings. The van der Waals surface area contributed by atoms with Crippen LogP contribution in [0, 0.1) is 5.92 Å². The highest BCUT2D eigenvalue weighted by atomic mass is 16.4. The standard InChI is InChI=1S/C18H26O4/c1-4-5-9-14-13(8-6-7-12(2)3)10-11-15(17(19)20)16(14)18(21)22/h10-12H,4-9H2,1-3H3,(H,19,20)(H,21,22). The van der Waals surface area contributed by atoms with Crippen LogP contribution in [-0.4, -0.2) is 22.2 Å². The lowest BCUT2D eigenvalue weighted by Crippen LogP contribution is -2.14. The molecule has 0 saturated carbocycles. The van der Waals surface area contributed by atoms with Gasteiger partial charge in [-0.2, -0.15) is 0 Å². The normalized spacial score (nSPS) is 10.9. The van der Waals surface area contributed by atoms with Gasteiger partial charge < -0.3 is 10.2 Å². The summed E-state index contributed by atoms with van der Waals surface area (Å²) in [5, 5.41) is 18.7. The Balaban J connectivity index is 3.22. The highest BCUT2D eigenvalue weighted by molar-refractivity contribution is 6.03. The molecule has 0 heterocycles. The van der Waals surface area contributed by atoms with E-state index in [4.69, 9.17) is 0 Å². The number of hydrogen-bond acceptors (Lipinski definition) is 2. The fraction of sp³-hybridized carbons (Fsp3) is 0.556. The Bertz CT molecular complexity index is 532. The van der Waals surface area contributed by atoms with Crippen molar-refractivity contribution in [1.29, 1.82) is 0 Å². The number of carbonyl (C=O) groups is 2. The zero-order chi connectivity index (χ0) is 16.7. The van der Waals surface area contributed by atoms with Crippen LogP contribution in [0.1, 0.15) is 78.3 Å². The minimum atomic E-state index is -1.18. The van der Waals surface area contributed by atoms with Crippen molar-refractivity contribution in [1.82, 2.24) is 0 Å². The third-order valence-electron chi connectivity index (χ3n) is 3.86. The zero-order valence-electron chi connectivity index (χ0n) is 13.7. The van der Waals surface area contributed by atoms with Crippen LogP contribution in [-0.2, 0) is 12.8 Å². The monoisotopic (exact) mass is 306 g/mol. The third kappa shape index (κ3) is 4.86. The van der Waals surface area contributed by atoms with E-state index in [1.54, 1.807) is 6.07 Å². The highest BCUT2D eigenvalue weighted by Gasteiger charge is 2.22. The molecule has 0 amide bonds. The van der Waals surface area contributed by atoms with Gasteiger partial charge in [0.05, 0.1) is 11.1 Å². The van der Waals surface area contributed by atoms with Crippen molar-refractivity contribution in [3.05, 3.63) is 34.4 Å². The zero-order valence-corrected chi connectivity index (χ0v) is 13.7. The van der Waals surface area contributed by atoms with Crippen LogP contribution in [0.15, 0.2) is 12.1 Å². The lowest BCUT2D eigenvalue weighted by molar-refractivity contribution is 0.0650. The molecule has 0 fully saturated rings. The van der Waals surface area contributed by atoms with Crippen LogP contribution in [0.4, 0.5) is 0 Å². The highest BCUT2D eigenvalue weighted by Crippen LogP contribution is 2.24. The van der Waals surface area contributed by atoms with E-state index in [-0.39, 0.29) is 11.1 Å². The smallest absolute Gasteiger partial charge is 0.336 e. The number of rotatable bonds is 9. The van der Waals surface area contributed by atoms with Crippen molar-refractivity contribution in [3.63, 3.8) is 0 Å². The summed E-state index contributed by atoms with van der Waals surface area (Å²) < 4.78 is 0. The van der Waals surface area contributed by atoms with E-state index in [0.717, 1.165) is 37.7 Å². The molecule has 22 heavy (non-hydrogen) atoms. The maximum Gasteiger partial charge on any atom is 0.336 e. The van der Waals surface area contributed by atoms with Crippen molar-refractivity contribution in [2.24, 2.45) is 5.92 Å². The minimum Gasteiger partial charge on any atom is -0.478 e. The van der Waals surface area contributed by atoms with Crippen molar-refractivity contribution >= 4 is 11.9 Å². The Morgan fingerprint density at radius 3 is 2.23 bits per heavy atom. The summed E-state index contributed by atoms with van der Waals surface area (Å²) in [6, 6.07) is 3.23. The Morgan fingerprint density at radius 1 is 1.05 bits per heavy atom. The van der Waals surface area contributed by atoms with Gasteiger partial charge in [0.25, 0.3) is 0 Å². The molecule has 0 aliphatic carbocycles. The largest absolute Gasteiger partial charge is 0.478 e. The van der Waals surface area contributed by atoms with E-state index in [2.05, 4.69) is 13.8 Å². The molecule has 0 aromatic heterocycles. The second-order valence-electron chi connectivity index (χ2n) is 6.13. The van der Waals surface area contributed by atoms with Crippen LogP contribution < -0.4 is 0 Å². The predicted molar refractivity (Wildman–Crippen MR) is 86.7 cm³/mol. The summed E-state index contributed by atoms with van der Waals surface area (Å²) in [5.74, 6) is -1.71. The molecule has 1 aromatic carbocycles. The Morgan fingerprint density at radius 2 is 1.73 bits per heavy atom. The lowest BCUT2D eigenvalue weighted by Gasteiger charge is -2.15. The molecule has 122 valence electrons.